The molecule has 30 heavy (non-hydrogen) atoms. The Kier molecular flexibility index (Phi) is 6.67. The molecular formula is C22H28N2O5S. The third kappa shape index (κ3) is 4.29. The molecule has 3 rings (SSSR count). The number of amides is 1. The zero-order valence-electron chi connectivity index (χ0n) is 17.8. The molecule has 1 aliphatic heterocycles. The number of nitrogens with one attached hydrogen (secondary N) is 1. The molecule has 8 heteroatoms. The van der Waals surface area contributed by atoms with Crippen molar-refractivity contribution in [1.29, 1.82) is 0 Å². The number of nitrogens with zero attached hydrogens (tertiary/aromatic N) is 1. The Morgan fingerprint density at radius 1 is 1.10 bits per heavy atom. The first-order valence-corrected chi connectivity index (χ1v) is 11.5. The molecule has 0 aromatic heterocycles. The van der Waals surface area contributed by atoms with Gasteiger partial charge in [-0.25, -0.2) is 13.1 Å². The Hall–Kier alpha value is -2.58. The highest BCUT2D eigenvalue weighted by atomic mass is 32.2. The van der Waals surface area contributed by atoms with Crippen LogP contribution >= 0.6 is 0 Å². The van der Waals surface area contributed by atoms with Crippen LogP contribution in [0.25, 0.3) is 0 Å². The maximum atomic E-state index is 13.1. The van der Waals surface area contributed by atoms with Crippen LogP contribution in [0.3, 0.4) is 0 Å². The van der Waals surface area contributed by atoms with Crippen molar-refractivity contribution < 1.29 is 22.7 Å². The number of anilines is 1. The number of carbonyl (C=O) groups excluding carboxylic acids is 1. The number of methoxy groups -OCH3 is 2. The molecule has 1 amide bonds. The topological polar surface area (TPSA) is 84.9 Å². The summed E-state index contributed by atoms with van der Waals surface area (Å²) in [7, 11) is -0.644. The Balaban J connectivity index is 1.86. The Bertz CT molecular complexity index is 1040. The van der Waals surface area contributed by atoms with Crippen LogP contribution in [0.1, 0.15) is 43.9 Å². The van der Waals surface area contributed by atoms with Gasteiger partial charge in [0.1, 0.15) is 0 Å². The van der Waals surface area contributed by atoms with Crippen LogP contribution < -0.4 is 19.1 Å². The van der Waals surface area contributed by atoms with Crippen molar-refractivity contribution >= 4 is 21.6 Å². The molecule has 1 atom stereocenters. The van der Waals surface area contributed by atoms with Gasteiger partial charge in [-0.1, -0.05) is 19.9 Å². The van der Waals surface area contributed by atoms with Gasteiger partial charge in [-0.3, -0.25) is 4.79 Å². The van der Waals surface area contributed by atoms with Gasteiger partial charge in [-0.2, -0.15) is 0 Å². The monoisotopic (exact) mass is 432 g/mol. The van der Waals surface area contributed by atoms with Crippen molar-refractivity contribution in [1.82, 2.24) is 4.72 Å². The van der Waals surface area contributed by atoms with Gasteiger partial charge in [0.15, 0.2) is 11.5 Å². The zero-order valence-corrected chi connectivity index (χ0v) is 18.6. The van der Waals surface area contributed by atoms with Gasteiger partial charge in [-0.05, 0) is 54.3 Å². The second kappa shape index (κ2) is 9.06. The summed E-state index contributed by atoms with van der Waals surface area (Å²) in [5.74, 6) is 1.18. The number of ether oxygens (including phenoxy) is 2. The molecule has 1 N–H and O–H groups in total. The summed E-state index contributed by atoms with van der Waals surface area (Å²) in [4.78, 5) is 14.0. The van der Waals surface area contributed by atoms with Crippen molar-refractivity contribution in [3.63, 3.8) is 0 Å². The van der Waals surface area contributed by atoms with E-state index in [4.69, 9.17) is 9.47 Å². The smallest absolute Gasteiger partial charge is 0.241 e. The molecule has 0 radical (unpaired) electrons. The van der Waals surface area contributed by atoms with E-state index in [1.54, 1.807) is 49.5 Å². The molecule has 1 heterocycles. The molecular weight excluding hydrogens is 404 g/mol. The van der Waals surface area contributed by atoms with Gasteiger partial charge in [0.05, 0.1) is 19.1 Å². The summed E-state index contributed by atoms with van der Waals surface area (Å²) in [6, 6.07) is 9.91. The van der Waals surface area contributed by atoms with E-state index in [9.17, 15) is 13.2 Å². The molecule has 0 bridgehead atoms. The van der Waals surface area contributed by atoms with Gasteiger partial charge in [-0.15, -0.1) is 0 Å². The highest BCUT2D eigenvalue weighted by molar-refractivity contribution is 7.89. The minimum Gasteiger partial charge on any atom is -0.493 e. The quantitative estimate of drug-likeness (QED) is 0.691. The van der Waals surface area contributed by atoms with Crippen molar-refractivity contribution in [2.75, 3.05) is 25.7 Å². The lowest BCUT2D eigenvalue weighted by molar-refractivity contribution is -0.118. The van der Waals surface area contributed by atoms with Crippen molar-refractivity contribution in [3.8, 4) is 11.5 Å². The van der Waals surface area contributed by atoms with Gasteiger partial charge >= 0.3 is 0 Å². The fraction of sp³-hybridized carbons (Fsp3) is 0.409. The number of fused-ring (bicyclic) bond motifs is 1. The van der Waals surface area contributed by atoms with E-state index < -0.39 is 16.1 Å². The molecule has 0 aliphatic carbocycles. The Labute approximate surface area is 178 Å². The molecule has 0 fully saturated rings. The summed E-state index contributed by atoms with van der Waals surface area (Å²) >= 11 is 0. The third-order valence-corrected chi connectivity index (χ3v) is 6.85. The normalized spacial score (nSPS) is 14.3. The number of carbonyl (C=O) groups is 1. The fourth-order valence-corrected chi connectivity index (χ4v) is 5.07. The van der Waals surface area contributed by atoms with E-state index in [-0.39, 0.29) is 10.8 Å². The summed E-state index contributed by atoms with van der Waals surface area (Å²) in [6.45, 7) is 4.32. The number of rotatable bonds is 8. The molecule has 2 aromatic carbocycles. The van der Waals surface area contributed by atoms with E-state index >= 15 is 0 Å². The maximum absolute atomic E-state index is 13.1. The SMILES string of the molecule is CCC(=O)N1CCc2cc(S(=O)(=O)NC(CC)c3ccc(OC)c(OC)c3)ccc21. The lowest BCUT2D eigenvalue weighted by atomic mass is 10.1. The minimum atomic E-state index is -3.75. The molecule has 0 saturated heterocycles. The lowest BCUT2D eigenvalue weighted by Gasteiger charge is -2.20. The second-order valence-electron chi connectivity index (χ2n) is 7.14. The van der Waals surface area contributed by atoms with E-state index in [1.165, 1.54) is 0 Å². The number of benzene rings is 2. The van der Waals surface area contributed by atoms with E-state index in [0.717, 1.165) is 16.8 Å². The van der Waals surface area contributed by atoms with Crippen LogP contribution in [0.2, 0.25) is 0 Å². The average molecular weight is 433 g/mol. The molecule has 0 saturated carbocycles. The first kappa shape index (κ1) is 22.1. The van der Waals surface area contributed by atoms with E-state index in [0.29, 0.717) is 37.3 Å². The fourth-order valence-electron chi connectivity index (χ4n) is 3.71. The lowest BCUT2D eigenvalue weighted by Crippen LogP contribution is -2.29. The van der Waals surface area contributed by atoms with Crippen molar-refractivity contribution in [2.45, 2.75) is 44.0 Å². The maximum Gasteiger partial charge on any atom is 0.241 e. The van der Waals surface area contributed by atoms with Gasteiger partial charge < -0.3 is 14.4 Å². The molecule has 7 nitrogen and oxygen atoms in total. The average Bonchev–Trinajstić information content (AvgIpc) is 3.19. The van der Waals surface area contributed by atoms with Crippen LogP contribution in [0, 0.1) is 0 Å². The predicted octanol–water partition coefficient (Wildman–Crippen LogP) is 3.43. The first-order valence-electron chi connectivity index (χ1n) is 10.0. The zero-order chi connectivity index (χ0) is 21.9. The predicted molar refractivity (Wildman–Crippen MR) is 116 cm³/mol. The number of hydrogen-bond acceptors (Lipinski definition) is 5. The largest absolute Gasteiger partial charge is 0.493 e. The number of sulfonamides is 1. The highest BCUT2D eigenvalue weighted by Crippen LogP contribution is 2.33. The molecule has 162 valence electrons. The highest BCUT2D eigenvalue weighted by Gasteiger charge is 2.27. The second-order valence-corrected chi connectivity index (χ2v) is 8.85. The van der Waals surface area contributed by atoms with Crippen molar-refractivity contribution in [2.24, 2.45) is 0 Å². The van der Waals surface area contributed by atoms with Crippen LogP contribution in [0.5, 0.6) is 11.5 Å². The molecule has 1 unspecified atom stereocenters. The molecule has 0 spiro atoms. The number of hydrogen-bond donors (Lipinski definition) is 1. The minimum absolute atomic E-state index is 0.0435. The van der Waals surface area contributed by atoms with Gasteiger partial charge in [0.2, 0.25) is 15.9 Å². The Morgan fingerprint density at radius 3 is 2.47 bits per heavy atom. The third-order valence-electron chi connectivity index (χ3n) is 5.38. The summed E-state index contributed by atoms with van der Waals surface area (Å²) in [6.07, 6.45) is 1.64. The van der Waals surface area contributed by atoms with Gasteiger partial charge in [0.25, 0.3) is 0 Å². The van der Waals surface area contributed by atoms with E-state index in [2.05, 4.69) is 4.72 Å². The molecule has 2 aromatic rings. The van der Waals surface area contributed by atoms with Crippen LogP contribution in [0.15, 0.2) is 41.3 Å². The molecule has 1 aliphatic rings. The standard InChI is InChI=1S/C22H28N2O5S/c1-5-18(15-7-10-20(28-3)21(14-15)29-4)23-30(26,27)17-8-9-19-16(13-17)11-12-24(19)22(25)6-2/h7-10,13-14,18,23H,5-6,11-12H2,1-4H3. The van der Waals surface area contributed by atoms with Crippen LogP contribution in [-0.2, 0) is 21.2 Å². The summed E-state index contributed by atoms with van der Waals surface area (Å²) in [5, 5.41) is 0. The Morgan fingerprint density at radius 2 is 1.83 bits per heavy atom. The van der Waals surface area contributed by atoms with Crippen molar-refractivity contribution in [3.05, 3.63) is 47.5 Å². The van der Waals surface area contributed by atoms with Crippen LogP contribution in [0.4, 0.5) is 5.69 Å². The van der Waals surface area contributed by atoms with E-state index in [1.807, 2.05) is 19.9 Å². The van der Waals surface area contributed by atoms with Crippen LogP contribution in [-0.4, -0.2) is 35.1 Å². The summed E-state index contributed by atoms with van der Waals surface area (Å²) < 4.78 is 39.5. The summed E-state index contributed by atoms with van der Waals surface area (Å²) in [5.41, 5.74) is 2.46. The van der Waals surface area contributed by atoms with Gasteiger partial charge in [0, 0.05) is 24.7 Å². The first-order chi connectivity index (χ1) is 14.3.